The van der Waals surface area contributed by atoms with Gasteiger partial charge in [0, 0.05) is 0 Å². The van der Waals surface area contributed by atoms with Crippen LogP contribution in [0.1, 0.15) is 37.7 Å². The number of hydrogen-bond donors (Lipinski definition) is 1. The predicted octanol–water partition coefficient (Wildman–Crippen LogP) is 3.41. The normalized spacial score (nSPS) is 18.9. The molecule has 1 aromatic carbocycles. The molecule has 0 aliphatic heterocycles. The molecule has 1 N–H and O–H groups in total. The van der Waals surface area contributed by atoms with Crippen LogP contribution in [-0.4, -0.2) is 5.11 Å². The minimum atomic E-state index is -0.158. The molecule has 1 aliphatic rings. The number of aromatic hydroxyl groups is 1. The summed E-state index contributed by atoms with van der Waals surface area (Å²) >= 11 is 0. The Morgan fingerprint density at radius 1 is 1.12 bits per heavy atom. The number of nitrogens with zero attached hydrogens (tertiary/aromatic N) is 1. The second kappa shape index (κ2) is 4.57. The number of rotatable bonds is 2. The smallest absolute Gasteiger partial charge is 0.115 e. The van der Waals surface area contributed by atoms with Crippen molar-refractivity contribution in [2.24, 2.45) is 5.41 Å². The molecule has 0 heterocycles. The van der Waals surface area contributed by atoms with Gasteiger partial charge in [0.15, 0.2) is 0 Å². The molecule has 2 nitrogen and oxygen atoms in total. The zero-order valence-corrected chi connectivity index (χ0v) is 9.45. The summed E-state index contributed by atoms with van der Waals surface area (Å²) in [5, 5.41) is 18.6. The topological polar surface area (TPSA) is 44.0 Å². The molecule has 1 aromatic rings. The molecule has 84 valence electrons. The Morgan fingerprint density at radius 2 is 1.75 bits per heavy atom. The lowest BCUT2D eigenvalue weighted by Crippen LogP contribution is -2.24. The Labute approximate surface area is 96.5 Å². The Hall–Kier alpha value is -1.49. The summed E-state index contributed by atoms with van der Waals surface area (Å²) in [7, 11) is 0. The molecule has 2 heteroatoms. The average Bonchev–Trinajstić information content (AvgIpc) is 2.33. The maximum Gasteiger partial charge on any atom is 0.115 e. The fraction of sp³-hybridized carbons (Fsp3) is 0.500. The maximum atomic E-state index is 9.36. The second-order valence-electron chi connectivity index (χ2n) is 4.80. The van der Waals surface area contributed by atoms with Gasteiger partial charge in [-0.1, -0.05) is 31.4 Å². The van der Waals surface area contributed by atoms with Gasteiger partial charge in [-0.05, 0) is 37.0 Å². The Morgan fingerprint density at radius 3 is 2.31 bits per heavy atom. The average molecular weight is 215 g/mol. The van der Waals surface area contributed by atoms with Crippen molar-refractivity contribution in [3.05, 3.63) is 29.8 Å². The van der Waals surface area contributed by atoms with E-state index in [2.05, 4.69) is 6.07 Å². The molecule has 1 saturated carbocycles. The van der Waals surface area contributed by atoms with Crippen molar-refractivity contribution in [1.29, 1.82) is 5.26 Å². The van der Waals surface area contributed by atoms with Gasteiger partial charge in [-0.3, -0.25) is 0 Å². The molecule has 0 atom stereocenters. The van der Waals surface area contributed by atoms with Crippen LogP contribution in [0.15, 0.2) is 24.3 Å². The second-order valence-corrected chi connectivity index (χ2v) is 4.80. The zero-order valence-electron chi connectivity index (χ0n) is 9.45. The van der Waals surface area contributed by atoms with E-state index in [1.807, 2.05) is 12.1 Å². The van der Waals surface area contributed by atoms with Crippen LogP contribution in [0.2, 0.25) is 0 Å². The fourth-order valence-corrected chi connectivity index (χ4v) is 2.56. The summed E-state index contributed by atoms with van der Waals surface area (Å²) in [5.41, 5.74) is 0.996. The van der Waals surface area contributed by atoms with Crippen molar-refractivity contribution < 1.29 is 5.11 Å². The molecule has 1 aliphatic carbocycles. The highest BCUT2D eigenvalue weighted by molar-refractivity contribution is 5.27. The number of hydrogen-bond acceptors (Lipinski definition) is 2. The first kappa shape index (κ1) is 11.0. The maximum absolute atomic E-state index is 9.36. The number of benzene rings is 1. The van der Waals surface area contributed by atoms with Crippen LogP contribution in [0.5, 0.6) is 5.75 Å². The highest BCUT2D eigenvalue weighted by Gasteiger charge is 2.31. The lowest BCUT2D eigenvalue weighted by atomic mass is 9.71. The van der Waals surface area contributed by atoms with Crippen LogP contribution in [0.3, 0.4) is 0 Å². The highest BCUT2D eigenvalue weighted by Crippen LogP contribution is 2.38. The first-order valence-corrected chi connectivity index (χ1v) is 5.93. The van der Waals surface area contributed by atoms with Gasteiger partial charge in [0.05, 0.1) is 11.5 Å². The zero-order chi connectivity index (χ0) is 11.4. The summed E-state index contributed by atoms with van der Waals surface area (Å²) in [6, 6.07) is 9.75. The van der Waals surface area contributed by atoms with E-state index in [0.717, 1.165) is 24.8 Å². The predicted molar refractivity (Wildman–Crippen MR) is 62.9 cm³/mol. The van der Waals surface area contributed by atoms with Gasteiger partial charge in [0.1, 0.15) is 5.75 Å². The lowest BCUT2D eigenvalue weighted by Gasteiger charge is -2.30. The van der Waals surface area contributed by atoms with E-state index in [1.165, 1.54) is 19.3 Å². The summed E-state index contributed by atoms with van der Waals surface area (Å²) in [6.07, 6.45) is 6.47. The van der Waals surface area contributed by atoms with Gasteiger partial charge < -0.3 is 5.11 Å². The fourth-order valence-electron chi connectivity index (χ4n) is 2.56. The monoisotopic (exact) mass is 215 g/mol. The van der Waals surface area contributed by atoms with E-state index < -0.39 is 0 Å². The van der Waals surface area contributed by atoms with E-state index in [0.29, 0.717) is 5.75 Å². The third kappa shape index (κ3) is 2.36. The molecular weight excluding hydrogens is 198 g/mol. The molecule has 0 aromatic heterocycles. The molecule has 1 fully saturated rings. The van der Waals surface area contributed by atoms with Gasteiger partial charge in [0.2, 0.25) is 0 Å². The summed E-state index contributed by atoms with van der Waals surface area (Å²) < 4.78 is 0. The Bertz CT molecular complexity index is 382. The molecule has 0 spiro atoms. The first-order valence-electron chi connectivity index (χ1n) is 5.93. The first-order chi connectivity index (χ1) is 7.74. The van der Waals surface area contributed by atoms with Crippen LogP contribution in [0.4, 0.5) is 0 Å². The van der Waals surface area contributed by atoms with Crippen LogP contribution in [0, 0.1) is 16.7 Å². The van der Waals surface area contributed by atoms with Crippen LogP contribution < -0.4 is 0 Å². The van der Waals surface area contributed by atoms with Crippen molar-refractivity contribution in [3.8, 4) is 11.8 Å². The van der Waals surface area contributed by atoms with E-state index in [-0.39, 0.29) is 5.41 Å². The molecule has 0 saturated heterocycles. The van der Waals surface area contributed by atoms with E-state index in [1.54, 1.807) is 12.1 Å². The van der Waals surface area contributed by atoms with Gasteiger partial charge in [-0.2, -0.15) is 5.26 Å². The molecular formula is C14H17NO. The van der Waals surface area contributed by atoms with E-state index in [4.69, 9.17) is 0 Å². The van der Waals surface area contributed by atoms with Crippen molar-refractivity contribution in [2.45, 2.75) is 38.5 Å². The molecule has 0 bridgehead atoms. The SMILES string of the molecule is N#CC1(Cc2ccc(O)cc2)CCCCC1. The lowest BCUT2D eigenvalue weighted by molar-refractivity contribution is 0.266. The Balaban J connectivity index is 2.12. The minimum absolute atomic E-state index is 0.158. The van der Waals surface area contributed by atoms with Crippen molar-refractivity contribution in [2.75, 3.05) is 0 Å². The highest BCUT2D eigenvalue weighted by atomic mass is 16.3. The van der Waals surface area contributed by atoms with Gasteiger partial charge in [-0.25, -0.2) is 0 Å². The standard InChI is InChI=1S/C14H17NO/c15-11-14(8-2-1-3-9-14)10-12-4-6-13(16)7-5-12/h4-7,16H,1-3,8-10H2. The minimum Gasteiger partial charge on any atom is -0.508 e. The number of phenolic OH excluding ortho intramolecular Hbond substituents is 1. The van der Waals surface area contributed by atoms with Crippen LogP contribution in [0.25, 0.3) is 0 Å². The van der Waals surface area contributed by atoms with Gasteiger partial charge in [-0.15, -0.1) is 0 Å². The Kier molecular flexibility index (Phi) is 3.14. The molecule has 0 unspecified atom stereocenters. The molecule has 16 heavy (non-hydrogen) atoms. The summed E-state index contributed by atoms with van der Waals surface area (Å²) in [5.74, 6) is 0.290. The third-order valence-electron chi connectivity index (χ3n) is 3.53. The summed E-state index contributed by atoms with van der Waals surface area (Å²) in [6.45, 7) is 0. The van der Waals surface area contributed by atoms with Gasteiger partial charge >= 0.3 is 0 Å². The van der Waals surface area contributed by atoms with E-state index >= 15 is 0 Å². The number of nitriles is 1. The van der Waals surface area contributed by atoms with Crippen molar-refractivity contribution in [3.63, 3.8) is 0 Å². The number of phenols is 1. The van der Waals surface area contributed by atoms with Gasteiger partial charge in [0.25, 0.3) is 0 Å². The largest absolute Gasteiger partial charge is 0.508 e. The molecule has 2 rings (SSSR count). The quantitative estimate of drug-likeness (QED) is 0.821. The van der Waals surface area contributed by atoms with Crippen molar-refractivity contribution >= 4 is 0 Å². The molecule has 0 amide bonds. The van der Waals surface area contributed by atoms with Crippen molar-refractivity contribution in [1.82, 2.24) is 0 Å². The third-order valence-corrected chi connectivity index (χ3v) is 3.53. The van der Waals surface area contributed by atoms with Crippen LogP contribution >= 0.6 is 0 Å². The van der Waals surface area contributed by atoms with E-state index in [9.17, 15) is 10.4 Å². The summed E-state index contributed by atoms with van der Waals surface area (Å²) in [4.78, 5) is 0. The molecule has 0 radical (unpaired) electrons. The van der Waals surface area contributed by atoms with Crippen LogP contribution in [-0.2, 0) is 6.42 Å².